The van der Waals surface area contributed by atoms with Crippen LogP contribution in [0, 0.1) is 0 Å². The zero-order chi connectivity index (χ0) is 14.7. The number of thiophene rings is 1. The fourth-order valence-electron chi connectivity index (χ4n) is 2.62. The molecule has 0 N–H and O–H groups in total. The van der Waals surface area contributed by atoms with E-state index in [0.29, 0.717) is 13.0 Å². The van der Waals surface area contributed by atoms with Gasteiger partial charge in [-0.3, -0.25) is 4.79 Å². The van der Waals surface area contributed by atoms with Crippen molar-refractivity contribution in [2.45, 2.75) is 26.3 Å². The molecule has 0 aliphatic carbocycles. The molecule has 0 spiro atoms. The van der Waals surface area contributed by atoms with Crippen LogP contribution in [0.15, 0.2) is 35.7 Å². The van der Waals surface area contributed by atoms with Crippen LogP contribution in [0.1, 0.15) is 22.9 Å². The first-order chi connectivity index (χ1) is 10.3. The summed E-state index contributed by atoms with van der Waals surface area (Å²) >= 11 is 1.80. The maximum absolute atomic E-state index is 12.4. The monoisotopic (exact) mass is 301 g/mol. The third-order valence-electron chi connectivity index (χ3n) is 3.75. The van der Waals surface area contributed by atoms with Crippen LogP contribution in [-0.2, 0) is 24.2 Å². The summed E-state index contributed by atoms with van der Waals surface area (Å²) in [5.41, 5.74) is 2.35. The largest absolute Gasteiger partial charge is 0.494 e. The van der Waals surface area contributed by atoms with Gasteiger partial charge in [0.05, 0.1) is 13.0 Å². The normalized spacial score (nSPS) is 13.9. The van der Waals surface area contributed by atoms with Crippen LogP contribution >= 0.6 is 11.3 Å². The van der Waals surface area contributed by atoms with E-state index < -0.39 is 0 Å². The molecule has 0 saturated carbocycles. The van der Waals surface area contributed by atoms with Gasteiger partial charge in [-0.15, -0.1) is 11.3 Å². The van der Waals surface area contributed by atoms with E-state index in [2.05, 4.69) is 11.4 Å². The number of amides is 1. The van der Waals surface area contributed by atoms with E-state index in [0.717, 1.165) is 30.8 Å². The van der Waals surface area contributed by atoms with Gasteiger partial charge in [0.1, 0.15) is 5.75 Å². The van der Waals surface area contributed by atoms with Gasteiger partial charge in [-0.2, -0.15) is 0 Å². The Balaban J connectivity index is 1.61. The average molecular weight is 301 g/mol. The molecule has 1 aromatic heterocycles. The van der Waals surface area contributed by atoms with Crippen molar-refractivity contribution in [2.24, 2.45) is 0 Å². The van der Waals surface area contributed by atoms with Crippen molar-refractivity contribution in [1.29, 1.82) is 0 Å². The smallest absolute Gasteiger partial charge is 0.227 e. The van der Waals surface area contributed by atoms with Gasteiger partial charge in [-0.1, -0.05) is 12.1 Å². The van der Waals surface area contributed by atoms with Crippen LogP contribution in [0.3, 0.4) is 0 Å². The van der Waals surface area contributed by atoms with Crippen molar-refractivity contribution >= 4 is 17.2 Å². The molecule has 0 saturated heterocycles. The molecule has 4 heteroatoms. The van der Waals surface area contributed by atoms with Crippen LogP contribution < -0.4 is 4.74 Å². The predicted octanol–water partition coefficient (Wildman–Crippen LogP) is 3.27. The SMILES string of the molecule is CCOc1ccc(CC(=O)N2CCc3sccc3C2)cc1. The molecular formula is C17H19NO2S. The second-order valence-corrected chi connectivity index (χ2v) is 6.19. The molecule has 1 aliphatic heterocycles. The van der Waals surface area contributed by atoms with Crippen LogP contribution in [0.25, 0.3) is 0 Å². The number of ether oxygens (including phenoxy) is 1. The summed E-state index contributed by atoms with van der Waals surface area (Å²) in [4.78, 5) is 15.8. The summed E-state index contributed by atoms with van der Waals surface area (Å²) in [6.45, 7) is 4.22. The van der Waals surface area contributed by atoms with E-state index in [1.54, 1.807) is 11.3 Å². The zero-order valence-electron chi connectivity index (χ0n) is 12.2. The van der Waals surface area contributed by atoms with E-state index >= 15 is 0 Å². The topological polar surface area (TPSA) is 29.5 Å². The van der Waals surface area contributed by atoms with Crippen molar-refractivity contribution in [3.8, 4) is 5.75 Å². The molecule has 21 heavy (non-hydrogen) atoms. The number of benzene rings is 1. The average Bonchev–Trinajstić information content (AvgIpc) is 2.97. The van der Waals surface area contributed by atoms with E-state index in [9.17, 15) is 4.79 Å². The molecule has 0 fully saturated rings. The van der Waals surface area contributed by atoms with Gasteiger partial charge < -0.3 is 9.64 Å². The number of hydrogen-bond acceptors (Lipinski definition) is 3. The highest BCUT2D eigenvalue weighted by molar-refractivity contribution is 7.10. The third kappa shape index (κ3) is 3.27. The fraction of sp³-hybridized carbons (Fsp3) is 0.353. The molecular weight excluding hydrogens is 282 g/mol. The molecule has 0 unspecified atom stereocenters. The summed E-state index contributed by atoms with van der Waals surface area (Å²) in [6.07, 6.45) is 1.45. The van der Waals surface area contributed by atoms with Crippen molar-refractivity contribution < 1.29 is 9.53 Å². The molecule has 3 nitrogen and oxygen atoms in total. The van der Waals surface area contributed by atoms with Gasteiger partial charge >= 0.3 is 0 Å². The molecule has 1 amide bonds. The Kier molecular flexibility index (Phi) is 4.25. The standard InChI is InChI=1S/C17H19NO2S/c1-2-20-15-5-3-13(4-6-15)11-17(19)18-9-7-16-14(12-18)8-10-21-16/h3-6,8,10H,2,7,9,11-12H2,1H3. The van der Waals surface area contributed by atoms with E-state index in [-0.39, 0.29) is 5.91 Å². The van der Waals surface area contributed by atoms with Crippen LogP contribution in [-0.4, -0.2) is 24.0 Å². The number of nitrogens with zero attached hydrogens (tertiary/aromatic N) is 1. The quantitative estimate of drug-likeness (QED) is 0.867. The Labute approximate surface area is 129 Å². The van der Waals surface area contributed by atoms with Gasteiger partial charge in [0, 0.05) is 18.0 Å². The molecule has 0 atom stereocenters. The lowest BCUT2D eigenvalue weighted by atomic mass is 10.1. The summed E-state index contributed by atoms with van der Waals surface area (Å²) in [7, 11) is 0. The Morgan fingerprint density at radius 2 is 2.10 bits per heavy atom. The summed E-state index contributed by atoms with van der Waals surface area (Å²) in [6, 6.07) is 9.95. The minimum absolute atomic E-state index is 0.205. The number of rotatable bonds is 4. The molecule has 1 aliphatic rings. The van der Waals surface area contributed by atoms with Crippen LogP contribution in [0.4, 0.5) is 0 Å². The van der Waals surface area contributed by atoms with Gasteiger partial charge in [0.2, 0.25) is 5.91 Å². The molecule has 3 rings (SSSR count). The van der Waals surface area contributed by atoms with Gasteiger partial charge in [0.15, 0.2) is 0 Å². The minimum atomic E-state index is 0.205. The molecule has 2 heterocycles. The van der Waals surface area contributed by atoms with Gasteiger partial charge in [-0.05, 0) is 48.1 Å². The molecule has 0 bridgehead atoms. The maximum Gasteiger partial charge on any atom is 0.227 e. The fourth-order valence-corrected chi connectivity index (χ4v) is 3.51. The lowest BCUT2D eigenvalue weighted by molar-refractivity contribution is -0.131. The molecule has 110 valence electrons. The van der Waals surface area contributed by atoms with Crippen LogP contribution in [0.5, 0.6) is 5.75 Å². The first-order valence-electron chi connectivity index (χ1n) is 7.31. The maximum atomic E-state index is 12.4. The van der Waals surface area contributed by atoms with E-state index in [1.807, 2.05) is 36.1 Å². The second kappa shape index (κ2) is 6.31. The van der Waals surface area contributed by atoms with Gasteiger partial charge in [0.25, 0.3) is 0 Å². The highest BCUT2D eigenvalue weighted by atomic mass is 32.1. The van der Waals surface area contributed by atoms with Crippen LogP contribution in [0.2, 0.25) is 0 Å². The minimum Gasteiger partial charge on any atom is -0.494 e. The zero-order valence-corrected chi connectivity index (χ0v) is 13.0. The van der Waals surface area contributed by atoms with Gasteiger partial charge in [-0.25, -0.2) is 0 Å². The Morgan fingerprint density at radius 1 is 1.29 bits per heavy atom. The number of fused-ring (bicyclic) bond motifs is 1. The summed E-state index contributed by atoms with van der Waals surface area (Å²) in [5.74, 6) is 1.06. The van der Waals surface area contributed by atoms with Crippen molar-refractivity contribution in [3.05, 3.63) is 51.7 Å². The third-order valence-corrected chi connectivity index (χ3v) is 4.77. The lowest BCUT2D eigenvalue weighted by Crippen LogP contribution is -2.36. The van der Waals surface area contributed by atoms with Crippen molar-refractivity contribution in [3.63, 3.8) is 0 Å². The Bertz CT molecular complexity index is 618. The van der Waals surface area contributed by atoms with Crippen molar-refractivity contribution in [1.82, 2.24) is 4.90 Å². The molecule has 1 aromatic carbocycles. The molecule has 0 radical (unpaired) electrons. The summed E-state index contributed by atoms with van der Waals surface area (Å²) in [5, 5.41) is 2.12. The number of carbonyl (C=O) groups excluding carboxylic acids is 1. The predicted molar refractivity (Wildman–Crippen MR) is 84.8 cm³/mol. The number of hydrogen-bond donors (Lipinski definition) is 0. The highest BCUT2D eigenvalue weighted by Crippen LogP contribution is 2.24. The van der Waals surface area contributed by atoms with E-state index in [4.69, 9.17) is 4.74 Å². The Hall–Kier alpha value is -1.81. The first-order valence-corrected chi connectivity index (χ1v) is 8.19. The first kappa shape index (κ1) is 14.1. The second-order valence-electron chi connectivity index (χ2n) is 5.19. The highest BCUT2D eigenvalue weighted by Gasteiger charge is 2.21. The van der Waals surface area contributed by atoms with Crippen molar-refractivity contribution in [2.75, 3.05) is 13.2 Å². The Morgan fingerprint density at radius 3 is 2.86 bits per heavy atom. The molecule has 2 aromatic rings. The summed E-state index contributed by atoms with van der Waals surface area (Å²) < 4.78 is 5.42. The van der Waals surface area contributed by atoms with E-state index in [1.165, 1.54) is 10.4 Å². The number of carbonyl (C=O) groups is 1. The lowest BCUT2D eigenvalue weighted by Gasteiger charge is -2.27.